The molecule has 5 aliphatic rings. The summed E-state index contributed by atoms with van der Waals surface area (Å²) in [6.45, 7) is 14.5. The van der Waals surface area contributed by atoms with Crippen molar-refractivity contribution in [1.82, 2.24) is 0 Å². The quantitative estimate of drug-likeness (QED) is 0.363. The Kier molecular flexibility index (Phi) is 5.94. The van der Waals surface area contributed by atoms with Crippen molar-refractivity contribution in [3.05, 3.63) is 11.6 Å². The van der Waals surface area contributed by atoms with Gasteiger partial charge in [0.15, 0.2) is 0 Å². The minimum absolute atomic E-state index is 0.0205. The molecule has 0 radical (unpaired) electrons. The molecule has 0 bridgehead atoms. The van der Waals surface area contributed by atoms with Crippen molar-refractivity contribution in [2.45, 2.75) is 105 Å². The van der Waals surface area contributed by atoms with Crippen molar-refractivity contribution in [3.63, 3.8) is 0 Å². The molecule has 4 fully saturated rings. The molecule has 0 aromatic heterocycles. The Bertz CT molecular complexity index is 912. The Hall–Kier alpha value is -0.870. The maximum Gasteiger partial charge on any atom is 0.312 e. The van der Waals surface area contributed by atoms with Crippen LogP contribution in [-0.2, 0) is 9.53 Å². The predicted molar refractivity (Wildman–Crippen MR) is 138 cm³/mol. The highest BCUT2D eigenvalue weighted by atomic mass is 16.5. The molecule has 11 atom stereocenters. The molecule has 0 amide bonds. The number of methoxy groups -OCH3 is 1. The number of aliphatic hydroxyl groups excluding tert-OH is 2. The van der Waals surface area contributed by atoms with Crippen LogP contribution in [0.3, 0.4) is 0 Å². The van der Waals surface area contributed by atoms with E-state index >= 15 is 0 Å². The van der Waals surface area contributed by atoms with E-state index in [1.165, 1.54) is 0 Å². The normalized spacial score (nSPS) is 55.5. The zero-order valence-corrected chi connectivity index (χ0v) is 23.3. The summed E-state index contributed by atoms with van der Waals surface area (Å²) in [6.07, 6.45) is 11.3. The summed E-state index contributed by atoms with van der Waals surface area (Å²) in [6, 6.07) is 0. The van der Waals surface area contributed by atoms with Crippen LogP contribution < -0.4 is 0 Å². The Morgan fingerprint density at radius 2 is 1.71 bits per heavy atom. The Labute approximate surface area is 213 Å². The first-order chi connectivity index (χ1) is 16.4. The van der Waals surface area contributed by atoms with Crippen molar-refractivity contribution in [2.75, 3.05) is 13.7 Å². The maximum atomic E-state index is 13.4. The minimum atomic E-state index is -0.418. The van der Waals surface area contributed by atoms with Crippen molar-refractivity contribution in [1.29, 1.82) is 0 Å². The van der Waals surface area contributed by atoms with Crippen molar-refractivity contribution < 1.29 is 19.7 Å². The number of hydrogen-bond donors (Lipinski definition) is 2. The lowest BCUT2D eigenvalue weighted by Gasteiger charge is -2.71. The van der Waals surface area contributed by atoms with Gasteiger partial charge in [-0.25, -0.2) is 0 Å². The van der Waals surface area contributed by atoms with Gasteiger partial charge in [-0.1, -0.05) is 53.2 Å². The van der Waals surface area contributed by atoms with E-state index in [9.17, 15) is 15.0 Å². The van der Waals surface area contributed by atoms with E-state index in [0.29, 0.717) is 23.7 Å². The number of carbonyl (C=O) groups is 1. The Balaban J connectivity index is 1.61. The summed E-state index contributed by atoms with van der Waals surface area (Å²) in [5.74, 6) is 2.26. The van der Waals surface area contributed by atoms with Gasteiger partial charge in [0.25, 0.3) is 0 Å². The fraction of sp³-hybridized carbons (Fsp3) is 0.903. The summed E-state index contributed by atoms with van der Waals surface area (Å²) >= 11 is 0. The van der Waals surface area contributed by atoms with E-state index in [4.69, 9.17) is 4.74 Å². The summed E-state index contributed by atoms with van der Waals surface area (Å²) in [4.78, 5) is 13.4. The number of hydrogen-bond acceptors (Lipinski definition) is 4. The molecule has 0 heterocycles. The fourth-order valence-electron chi connectivity index (χ4n) is 11.1. The number of allylic oxidation sites excluding steroid dienone is 2. The highest BCUT2D eigenvalue weighted by Gasteiger charge is 2.70. The van der Waals surface area contributed by atoms with E-state index in [1.54, 1.807) is 12.7 Å². The van der Waals surface area contributed by atoms with Crippen LogP contribution in [0.1, 0.15) is 99.3 Å². The molecule has 0 aliphatic heterocycles. The second-order valence-electron chi connectivity index (χ2n) is 14.5. The van der Waals surface area contributed by atoms with Crippen LogP contribution in [0.2, 0.25) is 0 Å². The molecular weight excluding hydrogens is 436 g/mol. The molecule has 0 saturated heterocycles. The monoisotopic (exact) mass is 486 g/mol. The first kappa shape index (κ1) is 25.8. The van der Waals surface area contributed by atoms with Crippen molar-refractivity contribution >= 4 is 5.97 Å². The number of aliphatic hydroxyl groups is 2. The van der Waals surface area contributed by atoms with E-state index in [0.717, 1.165) is 57.8 Å². The van der Waals surface area contributed by atoms with Crippen LogP contribution in [-0.4, -0.2) is 36.0 Å². The predicted octanol–water partition coefficient (Wildman–Crippen LogP) is 6.15. The lowest BCUT2D eigenvalue weighted by Crippen LogP contribution is -2.66. The van der Waals surface area contributed by atoms with Crippen LogP contribution in [0.25, 0.3) is 0 Å². The third-order valence-corrected chi connectivity index (χ3v) is 13.7. The molecular formula is C31H50O4. The van der Waals surface area contributed by atoms with E-state index < -0.39 is 11.5 Å². The van der Waals surface area contributed by atoms with Crippen molar-refractivity contribution in [3.8, 4) is 0 Å². The molecule has 5 rings (SSSR count). The first-order valence-electron chi connectivity index (χ1n) is 14.4. The molecule has 5 aliphatic carbocycles. The minimum Gasteiger partial charge on any atom is -0.469 e. The summed E-state index contributed by atoms with van der Waals surface area (Å²) in [7, 11) is 1.58. The third kappa shape index (κ3) is 3.02. The number of fused-ring (bicyclic) bond motifs is 7. The number of esters is 1. The topological polar surface area (TPSA) is 66.8 Å². The smallest absolute Gasteiger partial charge is 0.312 e. The average molecular weight is 487 g/mol. The molecule has 4 saturated carbocycles. The number of carbonyl (C=O) groups excluding carboxylic acids is 1. The second-order valence-corrected chi connectivity index (χ2v) is 14.5. The van der Waals surface area contributed by atoms with Crippen LogP contribution in [0.4, 0.5) is 0 Å². The molecule has 0 aromatic carbocycles. The van der Waals surface area contributed by atoms with Gasteiger partial charge in [-0.3, -0.25) is 4.79 Å². The summed E-state index contributed by atoms with van der Waals surface area (Å²) in [5.41, 5.74) is 1.12. The number of ether oxygens (including phenoxy) is 1. The SMILES string of the molecule is COC(=O)[C@]12CC[C@@H](C)[C@H](C)C1C1=CCC3[C@@]4(C)CC[C@H](O)[C@@](C)(CO)C4CC[C@@]3(C)[C@]1(C)CC2. The van der Waals surface area contributed by atoms with Crippen LogP contribution in [0, 0.1) is 56.7 Å². The molecule has 4 heteroatoms. The van der Waals surface area contributed by atoms with Crippen LogP contribution >= 0.6 is 0 Å². The van der Waals surface area contributed by atoms with Gasteiger partial charge in [0.05, 0.1) is 25.2 Å². The lowest BCUT2D eigenvalue weighted by atomic mass is 9.33. The Morgan fingerprint density at radius 3 is 2.37 bits per heavy atom. The second kappa shape index (κ2) is 8.06. The van der Waals surface area contributed by atoms with E-state index in [2.05, 4.69) is 47.6 Å². The zero-order valence-electron chi connectivity index (χ0n) is 23.3. The fourth-order valence-corrected chi connectivity index (χ4v) is 11.1. The third-order valence-electron chi connectivity index (χ3n) is 13.7. The maximum absolute atomic E-state index is 13.4. The molecule has 4 nitrogen and oxygen atoms in total. The van der Waals surface area contributed by atoms with Gasteiger partial charge >= 0.3 is 5.97 Å². The Morgan fingerprint density at radius 1 is 1.00 bits per heavy atom. The van der Waals surface area contributed by atoms with Gasteiger partial charge in [0.2, 0.25) is 0 Å². The van der Waals surface area contributed by atoms with Gasteiger partial charge < -0.3 is 14.9 Å². The van der Waals surface area contributed by atoms with E-state index in [-0.39, 0.29) is 40.2 Å². The number of rotatable bonds is 2. The first-order valence-corrected chi connectivity index (χ1v) is 14.4. The van der Waals surface area contributed by atoms with Gasteiger partial charge in [-0.05, 0) is 104 Å². The van der Waals surface area contributed by atoms with Gasteiger partial charge in [-0.2, -0.15) is 0 Å². The molecule has 2 N–H and O–H groups in total. The molecule has 35 heavy (non-hydrogen) atoms. The summed E-state index contributed by atoms with van der Waals surface area (Å²) in [5, 5.41) is 21.4. The van der Waals surface area contributed by atoms with Crippen LogP contribution in [0.15, 0.2) is 11.6 Å². The highest BCUT2D eigenvalue weighted by molar-refractivity contribution is 5.78. The van der Waals surface area contributed by atoms with Gasteiger partial charge in [-0.15, -0.1) is 0 Å². The van der Waals surface area contributed by atoms with Gasteiger partial charge in [0.1, 0.15) is 0 Å². The summed E-state index contributed by atoms with van der Waals surface area (Å²) < 4.78 is 5.50. The average Bonchev–Trinajstić information content (AvgIpc) is 2.83. The molecule has 198 valence electrons. The van der Waals surface area contributed by atoms with Crippen molar-refractivity contribution in [2.24, 2.45) is 56.7 Å². The zero-order chi connectivity index (χ0) is 25.6. The lowest BCUT2D eigenvalue weighted by molar-refractivity contribution is -0.217. The van der Waals surface area contributed by atoms with Gasteiger partial charge in [0, 0.05) is 5.41 Å². The molecule has 0 aromatic rings. The molecule has 3 unspecified atom stereocenters. The molecule has 0 spiro atoms. The standard InChI is InChI=1S/C31H50O4/c1-19-10-15-31(26(34)35-7)17-16-29(5)21(25(31)20(19)2)8-9-23-27(3)13-12-24(33)28(4,18-32)22(27)11-14-30(23,29)6/h8,19-20,22-25,32-33H,9-18H2,1-7H3/t19-,20+,22?,23?,24+,25?,27+,28+,29-,30-,31+/m1/s1. The van der Waals surface area contributed by atoms with Crippen LogP contribution in [0.5, 0.6) is 0 Å². The highest BCUT2D eigenvalue weighted by Crippen LogP contribution is 2.75. The largest absolute Gasteiger partial charge is 0.469 e. The van der Waals surface area contributed by atoms with E-state index in [1.807, 2.05) is 0 Å².